The Morgan fingerprint density at radius 1 is 0.917 bits per heavy atom. The Kier molecular flexibility index (Phi) is 12.1. The van der Waals surface area contributed by atoms with Crippen LogP contribution in [-0.4, -0.2) is 105 Å². The summed E-state index contributed by atoms with van der Waals surface area (Å²) in [6.45, 7) is 11.2. The summed E-state index contributed by atoms with van der Waals surface area (Å²) in [5.74, 6) is -6.78. The lowest BCUT2D eigenvalue weighted by molar-refractivity contribution is -0.346. The molecule has 6 rings (SSSR count). The second-order valence-corrected chi connectivity index (χ2v) is 17.0. The molecule has 0 aromatic heterocycles. The van der Waals surface area contributed by atoms with Crippen molar-refractivity contribution in [2.75, 3.05) is 6.61 Å². The standard InChI is InChI=1S/C45H53NO14/c1-9-23(2)39(52)46-33(27-16-12-10-13-17-27)34(50)41(54)58-29-21-45(55)38(59-40(53)28-18-14-11-15-19-28)36-43(8,30(49)20-31-44(36,22-56-31)60-26(5)48)37(51)35(57-25(4)47)32(24(29)3)42(45,6)7/h9-19,29-31,33-36,38,49-50,55H,20-22H2,1-8H3,(H,46,52)/b23-9-/t29-,30-,31?,33+,34+,35+,36-,38-,43+,44-,45+/m0/s1. The summed E-state index contributed by atoms with van der Waals surface area (Å²) in [4.78, 5) is 82.9. The van der Waals surface area contributed by atoms with Crippen LogP contribution in [-0.2, 0) is 47.7 Å². The summed E-state index contributed by atoms with van der Waals surface area (Å²) >= 11 is 0. The van der Waals surface area contributed by atoms with Crippen molar-refractivity contribution in [3.63, 3.8) is 0 Å². The Balaban J connectivity index is 1.56. The molecule has 1 aliphatic heterocycles. The van der Waals surface area contributed by atoms with Crippen LogP contribution < -0.4 is 5.32 Å². The number of rotatable bonds is 10. The zero-order valence-corrected chi connectivity index (χ0v) is 34.9. The first kappa shape index (κ1) is 44.3. The number of fused-ring (bicyclic) bond motifs is 5. The van der Waals surface area contributed by atoms with Crippen LogP contribution in [0.3, 0.4) is 0 Å². The molecule has 2 aromatic carbocycles. The van der Waals surface area contributed by atoms with Crippen molar-refractivity contribution in [3.8, 4) is 0 Å². The maximum atomic E-state index is 15.4. The van der Waals surface area contributed by atoms with Crippen LogP contribution in [0.4, 0.5) is 0 Å². The van der Waals surface area contributed by atoms with Crippen LogP contribution in [0.1, 0.15) is 90.2 Å². The van der Waals surface area contributed by atoms with Gasteiger partial charge in [-0.05, 0) is 56.5 Å². The molecule has 1 amide bonds. The predicted molar refractivity (Wildman–Crippen MR) is 211 cm³/mol. The maximum Gasteiger partial charge on any atom is 0.338 e. The summed E-state index contributed by atoms with van der Waals surface area (Å²) in [5.41, 5.74) is -6.91. The van der Waals surface area contributed by atoms with Gasteiger partial charge in [-0.15, -0.1) is 0 Å². The monoisotopic (exact) mass is 831 g/mol. The van der Waals surface area contributed by atoms with E-state index >= 15 is 4.79 Å². The molecule has 322 valence electrons. The number of ketones is 1. The van der Waals surface area contributed by atoms with E-state index in [-0.39, 0.29) is 29.7 Å². The van der Waals surface area contributed by atoms with Gasteiger partial charge in [0.15, 0.2) is 23.6 Å². The van der Waals surface area contributed by atoms with Gasteiger partial charge >= 0.3 is 23.9 Å². The number of esters is 4. The van der Waals surface area contributed by atoms with Crippen LogP contribution in [0.15, 0.2) is 83.5 Å². The molecule has 0 radical (unpaired) electrons. The molecule has 1 heterocycles. The number of Topliss-reactive ketones (excluding diaryl/α,β-unsaturated/α-hetero) is 1. The molecule has 2 aromatic rings. The van der Waals surface area contributed by atoms with Gasteiger partial charge in [-0.1, -0.05) is 68.5 Å². The third-order valence-electron chi connectivity index (χ3n) is 13.2. The lowest BCUT2D eigenvalue weighted by atomic mass is 9.44. The van der Waals surface area contributed by atoms with E-state index in [1.54, 1.807) is 82.3 Å². The average molecular weight is 832 g/mol. The van der Waals surface area contributed by atoms with Gasteiger partial charge < -0.3 is 44.3 Å². The van der Waals surface area contributed by atoms with Crippen LogP contribution in [0.5, 0.6) is 0 Å². The van der Waals surface area contributed by atoms with E-state index in [2.05, 4.69) is 5.32 Å². The fraction of sp³-hybridized carbons (Fsp3) is 0.511. The van der Waals surface area contributed by atoms with Crippen molar-refractivity contribution in [1.29, 1.82) is 0 Å². The van der Waals surface area contributed by atoms with E-state index in [0.29, 0.717) is 11.1 Å². The van der Waals surface area contributed by atoms with Crippen LogP contribution in [0.2, 0.25) is 0 Å². The Morgan fingerprint density at radius 2 is 1.53 bits per heavy atom. The number of ether oxygens (including phenoxy) is 5. The van der Waals surface area contributed by atoms with Gasteiger partial charge in [0.2, 0.25) is 5.91 Å². The lowest BCUT2D eigenvalue weighted by Gasteiger charge is -2.67. The number of hydrogen-bond donors (Lipinski definition) is 4. The number of benzene rings is 2. The first-order valence-corrected chi connectivity index (χ1v) is 19.9. The van der Waals surface area contributed by atoms with E-state index < -0.39 is 113 Å². The summed E-state index contributed by atoms with van der Waals surface area (Å²) in [7, 11) is 0. The maximum absolute atomic E-state index is 15.4. The second kappa shape index (κ2) is 16.3. The Bertz CT molecular complexity index is 2110. The number of carbonyl (C=O) groups excluding carboxylic acids is 6. The minimum absolute atomic E-state index is 0.00140. The lowest BCUT2D eigenvalue weighted by Crippen LogP contribution is -2.82. The van der Waals surface area contributed by atoms with Crippen LogP contribution >= 0.6 is 0 Å². The minimum Gasteiger partial charge on any atom is -0.456 e. The molecule has 4 aliphatic rings. The van der Waals surface area contributed by atoms with E-state index in [1.807, 2.05) is 0 Å². The molecule has 15 heteroatoms. The number of amides is 1. The van der Waals surface area contributed by atoms with Crippen molar-refractivity contribution in [1.82, 2.24) is 5.32 Å². The molecule has 15 nitrogen and oxygen atoms in total. The third-order valence-corrected chi connectivity index (χ3v) is 13.2. The summed E-state index contributed by atoms with van der Waals surface area (Å²) in [6, 6.07) is 14.8. The van der Waals surface area contributed by atoms with Crippen molar-refractivity contribution >= 4 is 35.6 Å². The number of allylic oxidation sites excluding steroid dienone is 1. The van der Waals surface area contributed by atoms with E-state index in [9.17, 15) is 39.3 Å². The molecule has 2 bridgehead atoms. The molecule has 0 spiro atoms. The minimum atomic E-state index is -2.38. The first-order chi connectivity index (χ1) is 28.1. The third kappa shape index (κ3) is 7.24. The highest BCUT2D eigenvalue weighted by Crippen LogP contribution is 2.64. The number of nitrogens with one attached hydrogen (secondary N) is 1. The van der Waals surface area contributed by atoms with Gasteiger partial charge in [-0.25, -0.2) is 9.59 Å². The normalized spacial score (nSPS) is 32.9. The molecule has 2 saturated carbocycles. The second-order valence-electron chi connectivity index (χ2n) is 17.0. The average Bonchev–Trinajstić information content (AvgIpc) is 3.20. The smallest absolute Gasteiger partial charge is 0.338 e. The highest BCUT2D eigenvalue weighted by Gasteiger charge is 2.78. The van der Waals surface area contributed by atoms with Gasteiger partial charge in [0, 0.05) is 37.7 Å². The molecule has 1 unspecified atom stereocenters. The number of aliphatic hydroxyl groups excluding tert-OH is 2. The summed E-state index contributed by atoms with van der Waals surface area (Å²) < 4.78 is 30.2. The Labute approximate surface area is 348 Å². The first-order valence-electron chi connectivity index (χ1n) is 19.9. The van der Waals surface area contributed by atoms with Gasteiger partial charge in [-0.3, -0.25) is 19.2 Å². The number of carbonyl (C=O) groups is 6. The number of aliphatic hydroxyl groups is 3. The zero-order valence-electron chi connectivity index (χ0n) is 34.9. The SMILES string of the molecule is C/C=C(/C)C(=O)N[C@H](c1ccccc1)[C@@H](O)C(=O)O[C@H]1C[C@@]2(O)[C@@H](OC(=O)c3ccccc3)[C@H]3[C@](C)(C(=O)[C@H](OC(C)=O)C(=C1C)C2(C)C)[C@@H](O)CC1OC[C@]13OC(C)=O. The van der Waals surface area contributed by atoms with Crippen molar-refractivity contribution < 1.29 is 67.8 Å². The molecular weight excluding hydrogens is 778 g/mol. The summed E-state index contributed by atoms with van der Waals surface area (Å²) in [6.07, 6.45) is -8.88. The molecule has 11 atom stereocenters. The quantitative estimate of drug-likeness (QED) is 0.117. The topological polar surface area (TPSA) is 221 Å². The molecule has 60 heavy (non-hydrogen) atoms. The van der Waals surface area contributed by atoms with E-state index in [0.717, 1.165) is 13.8 Å². The van der Waals surface area contributed by atoms with Crippen molar-refractivity contribution in [3.05, 3.63) is 94.6 Å². The fourth-order valence-corrected chi connectivity index (χ4v) is 9.75. The van der Waals surface area contributed by atoms with Gasteiger partial charge in [0.1, 0.15) is 23.9 Å². The van der Waals surface area contributed by atoms with Gasteiger partial charge in [0.05, 0.1) is 35.6 Å². The van der Waals surface area contributed by atoms with Crippen molar-refractivity contribution in [2.45, 2.75) is 122 Å². The predicted octanol–water partition coefficient (Wildman–Crippen LogP) is 3.39. The Morgan fingerprint density at radius 3 is 2.08 bits per heavy atom. The zero-order chi connectivity index (χ0) is 44.1. The van der Waals surface area contributed by atoms with E-state index in [1.165, 1.54) is 26.0 Å². The molecule has 3 aliphatic carbocycles. The number of hydrogen-bond acceptors (Lipinski definition) is 14. The van der Waals surface area contributed by atoms with Crippen LogP contribution in [0.25, 0.3) is 0 Å². The van der Waals surface area contributed by atoms with E-state index in [4.69, 9.17) is 23.7 Å². The molecule has 3 fully saturated rings. The van der Waals surface area contributed by atoms with Gasteiger partial charge in [0.25, 0.3) is 0 Å². The highest BCUT2D eigenvalue weighted by molar-refractivity contribution is 5.96. The molecule has 1 saturated heterocycles. The summed E-state index contributed by atoms with van der Waals surface area (Å²) in [5, 5.41) is 40.0. The van der Waals surface area contributed by atoms with Crippen LogP contribution in [0, 0.1) is 16.7 Å². The van der Waals surface area contributed by atoms with Crippen molar-refractivity contribution in [2.24, 2.45) is 16.7 Å². The highest BCUT2D eigenvalue weighted by atomic mass is 16.6. The molecule has 4 N–H and O–H groups in total. The Hall–Kier alpha value is -5.22. The largest absolute Gasteiger partial charge is 0.456 e. The van der Waals surface area contributed by atoms with Gasteiger partial charge in [-0.2, -0.15) is 0 Å². The fourth-order valence-electron chi connectivity index (χ4n) is 9.75. The molecular formula is C45H53NO14.